The zero-order chi connectivity index (χ0) is 18.4. The van der Waals surface area contributed by atoms with Crippen LogP contribution in [0.15, 0.2) is 24.3 Å². The maximum absolute atomic E-state index is 11.8. The van der Waals surface area contributed by atoms with Crippen molar-refractivity contribution < 1.29 is 19.4 Å². The van der Waals surface area contributed by atoms with E-state index in [1.165, 1.54) is 0 Å². The van der Waals surface area contributed by atoms with Crippen molar-refractivity contribution in [3.05, 3.63) is 46.5 Å². The monoisotopic (exact) mass is 366 g/mol. The molecule has 0 saturated carbocycles. The molecule has 8 nitrogen and oxygen atoms in total. The Morgan fingerprint density at radius 3 is 2.80 bits per heavy atom. The number of carboxylic acid groups (broad SMARTS) is 1. The molecular formula is C16H19ClN4O4. The molecule has 25 heavy (non-hydrogen) atoms. The lowest BCUT2D eigenvalue weighted by Crippen LogP contribution is -2.42. The molecule has 0 spiro atoms. The Kier molecular flexibility index (Phi) is 6.49. The van der Waals surface area contributed by atoms with Gasteiger partial charge < -0.3 is 15.2 Å². The molecule has 1 aliphatic heterocycles. The van der Waals surface area contributed by atoms with Gasteiger partial charge in [-0.3, -0.25) is 9.59 Å². The summed E-state index contributed by atoms with van der Waals surface area (Å²) in [6, 6.07) is 7.03. The number of morpholine rings is 1. The van der Waals surface area contributed by atoms with Gasteiger partial charge in [-0.2, -0.15) is 5.10 Å². The number of nitrogens with one attached hydrogen (secondary N) is 1. The molecule has 1 saturated heterocycles. The van der Waals surface area contributed by atoms with Crippen molar-refractivity contribution in [2.24, 2.45) is 0 Å². The molecule has 3 rings (SSSR count). The first kappa shape index (κ1) is 18.9. The summed E-state index contributed by atoms with van der Waals surface area (Å²) in [4.78, 5) is 24.6. The van der Waals surface area contributed by atoms with Crippen LogP contribution in [-0.2, 0) is 20.9 Å². The van der Waals surface area contributed by atoms with Gasteiger partial charge in [-0.05, 0) is 25.5 Å². The summed E-state index contributed by atoms with van der Waals surface area (Å²) >= 11 is 6.29. The number of aryl methyl sites for hydroxylation is 2. The molecular weight excluding hydrogens is 348 g/mol. The second kappa shape index (κ2) is 8.59. The summed E-state index contributed by atoms with van der Waals surface area (Å²) in [5.41, 5.74) is 0.811. The van der Waals surface area contributed by atoms with E-state index in [1.807, 2.05) is 32.0 Å². The van der Waals surface area contributed by atoms with Gasteiger partial charge in [-0.1, -0.05) is 29.8 Å². The summed E-state index contributed by atoms with van der Waals surface area (Å²) in [5.74, 6) is 1.21. The van der Waals surface area contributed by atoms with Crippen molar-refractivity contribution in [3.8, 4) is 0 Å². The van der Waals surface area contributed by atoms with Crippen LogP contribution >= 0.6 is 11.6 Å². The van der Waals surface area contributed by atoms with Crippen LogP contribution in [0.1, 0.15) is 36.3 Å². The lowest BCUT2D eigenvalue weighted by molar-refractivity contribution is -0.138. The molecule has 0 unspecified atom stereocenters. The minimum absolute atomic E-state index is 0.00123. The van der Waals surface area contributed by atoms with Gasteiger partial charge in [0.2, 0.25) is 5.91 Å². The molecule has 0 radical (unpaired) electrons. The molecule has 0 bridgehead atoms. The van der Waals surface area contributed by atoms with Crippen LogP contribution in [0.4, 0.5) is 0 Å². The van der Waals surface area contributed by atoms with Crippen molar-refractivity contribution in [1.29, 1.82) is 0 Å². The van der Waals surface area contributed by atoms with Crippen LogP contribution in [0.2, 0.25) is 5.02 Å². The number of nitrogens with zero attached hydrogens (tertiary/aromatic N) is 3. The molecule has 1 aromatic heterocycles. The smallest absolute Gasteiger partial charge is 0.290 e. The van der Waals surface area contributed by atoms with Crippen molar-refractivity contribution in [1.82, 2.24) is 20.1 Å². The lowest BCUT2D eigenvalue weighted by atomic mass is 9.99. The maximum Gasteiger partial charge on any atom is 0.290 e. The van der Waals surface area contributed by atoms with Gasteiger partial charge in [0.05, 0.1) is 6.04 Å². The van der Waals surface area contributed by atoms with E-state index in [9.17, 15) is 4.79 Å². The molecule has 2 heterocycles. The van der Waals surface area contributed by atoms with Crippen LogP contribution in [-0.4, -0.2) is 38.9 Å². The molecule has 134 valence electrons. The van der Waals surface area contributed by atoms with Crippen LogP contribution in [0, 0.1) is 6.92 Å². The fourth-order valence-corrected chi connectivity index (χ4v) is 2.91. The number of carbonyl (C=O) groups is 2. The Balaban J connectivity index is 0.000000701. The zero-order valence-corrected chi connectivity index (χ0v) is 14.6. The van der Waals surface area contributed by atoms with Gasteiger partial charge >= 0.3 is 0 Å². The number of aromatic nitrogens is 3. The van der Waals surface area contributed by atoms with Gasteiger partial charge in [0.15, 0.2) is 5.82 Å². The minimum atomic E-state index is -0.418. The van der Waals surface area contributed by atoms with E-state index in [4.69, 9.17) is 26.2 Å². The zero-order valence-electron chi connectivity index (χ0n) is 13.8. The number of amides is 1. The summed E-state index contributed by atoms with van der Waals surface area (Å²) in [6.45, 7) is 4.26. The molecule has 1 aromatic carbocycles. The molecule has 1 amide bonds. The highest BCUT2D eigenvalue weighted by Gasteiger charge is 2.36. The number of hydrogen-bond donors (Lipinski definition) is 2. The molecule has 2 N–H and O–H groups in total. The number of carbonyl (C=O) groups excluding carboxylic acids is 1. The number of hydrogen-bond acceptors (Lipinski definition) is 5. The Morgan fingerprint density at radius 1 is 1.48 bits per heavy atom. The van der Waals surface area contributed by atoms with Crippen molar-refractivity contribution in [2.45, 2.75) is 32.5 Å². The van der Waals surface area contributed by atoms with Gasteiger partial charge in [-0.15, -0.1) is 0 Å². The fraction of sp³-hybridized carbons (Fsp3) is 0.375. The van der Waals surface area contributed by atoms with E-state index in [2.05, 4.69) is 15.4 Å². The third-order valence-electron chi connectivity index (χ3n) is 3.61. The highest BCUT2D eigenvalue weighted by molar-refractivity contribution is 6.31. The first-order valence-corrected chi connectivity index (χ1v) is 8.04. The van der Waals surface area contributed by atoms with Crippen molar-refractivity contribution in [3.63, 3.8) is 0 Å². The second-order valence-corrected chi connectivity index (χ2v) is 5.64. The van der Waals surface area contributed by atoms with Gasteiger partial charge in [0.1, 0.15) is 18.5 Å². The predicted molar refractivity (Wildman–Crippen MR) is 90.2 cm³/mol. The van der Waals surface area contributed by atoms with Gasteiger partial charge in [-0.25, -0.2) is 9.67 Å². The highest BCUT2D eigenvalue weighted by Crippen LogP contribution is 2.36. The first-order chi connectivity index (χ1) is 12.0. The molecule has 1 aliphatic rings. The van der Waals surface area contributed by atoms with Crippen LogP contribution in [0.3, 0.4) is 0 Å². The van der Waals surface area contributed by atoms with Gasteiger partial charge in [0.25, 0.3) is 6.47 Å². The average molecular weight is 367 g/mol. The van der Waals surface area contributed by atoms with Crippen LogP contribution < -0.4 is 5.32 Å². The van der Waals surface area contributed by atoms with E-state index < -0.39 is 6.10 Å². The van der Waals surface area contributed by atoms with E-state index >= 15 is 0 Å². The molecule has 0 aliphatic carbocycles. The lowest BCUT2D eigenvalue weighted by Gasteiger charge is -2.32. The SMILES string of the molecule is CCn1nc(C)nc1[C@H]1OCC(=O)N[C@@H]1c1ccccc1Cl.O=CO. The summed E-state index contributed by atoms with van der Waals surface area (Å²) in [7, 11) is 0. The molecule has 1 fully saturated rings. The predicted octanol–water partition coefficient (Wildman–Crippen LogP) is 1.89. The van der Waals surface area contributed by atoms with Crippen molar-refractivity contribution >= 4 is 24.0 Å². The average Bonchev–Trinajstić information content (AvgIpc) is 2.97. The number of rotatable bonds is 3. The topological polar surface area (TPSA) is 106 Å². The molecule has 2 atom stereocenters. The second-order valence-electron chi connectivity index (χ2n) is 5.24. The van der Waals surface area contributed by atoms with Crippen LogP contribution in [0.5, 0.6) is 0 Å². The van der Waals surface area contributed by atoms with Crippen LogP contribution in [0.25, 0.3) is 0 Å². The molecule has 9 heteroatoms. The Morgan fingerprint density at radius 2 is 2.16 bits per heavy atom. The van der Waals surface area contributed by atoms with E-state index in [0.29, 0.717) is 23.2 Å². The minimum Gasteiger partial charge on any atom is -0.483 e. The molecule has 2 aromatic rings. The summed E-state index contributed by atoms with van der Waals surface area (Å²) in [5, 5.41) is 14.8. The Hall–Kier alpha value is -2.45. The third-order valence-corrected chi connectivity index (χ3v) is 3.96. The largest absolute Gasteiger partial charge is 0.483 e. The van der Waals surface area contributed by atoms with Gasteiger partial charge in [0, 0.05) is 11.6 Å². The summed E-state index contributed by atoms with van der Waals surface area (Å²) < 4.78 is 7.55. The van der Waals surface area contributed by atoms with E-state index in [1.54, 1.807) is 10.7 Å². The quantitative estimate of drug-likeness (QED) is 0.803. The number of benzene rings is 1. The first-order valence-electron chi connectivity index (χ1n) is 7.66. The number of ether oxygens (including phenoxy) is 1. The summed E-state index contributed by atoms with van der Waals surface area (Å²) in [6.07, 6.45) is -0.418. The van der Waals surface area contributed by atoms with E-state index in [0.717, 1.165) is 5.56 Å². The number of halogens is 1. The maximum atomic E-state index is 11.8. The normalized spacial score (nSPS) is 19.6. The third kappa shape index (κ3) is 4.34. The standard InChI is InChI=1S/C15H17ClN4O2.CH2O2/c1-3-20-15(17-9(2)19-20)14-13(18-12(21)8-22-14)10-6-4-5-7-11(10)16;2-1-3/h4-7,13-14H,3,8H2,1-2H3,(H,18,21);1H,(H,2,3)/t13-,14+;/m1./s1. The fourth-order valence-electron chi connectivity index (χ4n) is 2.66. The van der Waals surface area contributed by atoms with Crippen molar-refractivity contribution in [2.75, 3.05) is 6.61 Å². The highest BCUT2D eigenvalue weighted by atomic mass is 35.5. The van der Waals surface area contributed by atoms with E-state index in [-0.39, 0.29) is 25.0 Å². The Labute approximate surface area is 149 Å². The Bertz CT molecular complexity index is 749.